The van der Waals surface area contributed by atoms with Gasteiger partial charge in [0.05, 0.1) is 12.7 Å². The van der Waals surface area contributed by atoms with E-state index in [2.05, 4.69) is 17.3 Å². The molecule has 2 aliphatic rings. The highest BCUT2D eigenvalue weighted by atomic mass is 16.5. The van der Waals surface area contributed by atoms with E-state index in [1.165, 1.54) is 45.3 Å². The fourth-order valence-electron chi connectivity index (χ4n) is 2.30. The Hall–Kier alpha value is -0.120. The number of hydrogen-bond acceptors (Lipinski definition) is 3. The number of piperidine rings is 1. The summed E-state index contributed by atoms with van der Waals surface area (Å²) in [6.45, 7) is 4.50. The van der Waals surface area contributed by atoms with Gasteiger partial charge < -0.3 is 15.0 Å². The Balaban J connectivity index is 1.60. The smallest absolute Gasteiger partial charge is 0.0623 e. The van der Waals surface area contributed by atoms with Crippen molar-refractivity contribution in [2.24, 2.45) is 0 Å². The molecule has 0 amide bonds. The van der Waals surface area contributed by atoms with Crippen LogP contribution >= 0.6 is 0 Å². The first-order chi connectivity index (χ1) is 6.84. The lowest BCUT2D eigenvalue weighted by atomic mass is 10.1. The van der Waals surface area contributed by atoms with Gasteiger partial charge in [-0.2, -0.15) is 0 Å². The van der Waals surface area contributed by atoms with Gasteiger partial charge in [-0.05, 0) is 39.3 Å². The van der Waals surface area contributed by atoms with E-state index in [9.17, 15) is 0 Å². The number of rotatable bonds is 3. The van der Waals surface area contributed by atoms with Crippen molar-refractivity contribution in [1.29, 1.82) is 0 Å². The summed E-state index contributed by atoms with van der Waals surface area (Å²) in [4.78, 5) is 2.38. The topological polar surface area (TPSA) is 24.5 Å². The van der Waals surface area contributed by atoms with Crippen LogP contribution in [0.3, 0.4) is 0 Å². The molecule has 2 heterocycles. The summed E-state index contributed by atoms with van der Waals surface area (Å²) in [5.41, 5.74) is 0. The van der Waals surface area contributed by atoms with Crippen LogP contribution < -0.4 is 5.32 Å². The molecule has 2 rings (SSSR count). The Bertz CT molecular complexity index is 161. The first-order valence-corrected chi connectivity index (χ1v) is 5.88. The van der Waals surface area contributed by atoms with E-state index in [1.807, 2.05) is 0 Å². The second kappa shape index (κ2) is 5.10. The van der Waals surface area contributed by atoms with Crippen LogP contribution in [0.25, 0.3) is 0 Å². The average molecular weight is 198 g/mol. The van der Waals surface area contributed by atoms with Crippen molar-refractivity contribution in [2.75, 3.05) is 33.3 Å². The number of nitrogens with zero attached hydrogens (tertiary/aromatic N) is 1. The second-order valence-electron chi connectivity index (χ2n) is 4.63. The van der Waals surface area contributed by atoms with Crippen molar-refractivity contribution in [3.8, 4) is 0 Å². The third-order valence-corrected chi connectivity index (χ3v) is 3.36. The summed E-state index contributed by atoms with van der Waals surface area (Å²) in [5, 5.41) is 3.47. The summed E-state index contributed by atoms with van der Waals surface area (Å²) < 4.78 is 5.93. The molecular formula is C11H22N2O. The van der Waals surface area contributed by atoms with E-state index in [4.69, 9.17) is 4.74 Å². The van der Waals surface area contributed by atoms with Gasteiger partial charge >= 0.3 is 0 Å². The van der Waals surface area contributed by atoms with E-state index >= 15 is 0 Å². The quantitative estimate of drug-likeness (QED) is 0.727. The second-order valence-corrected chi connectivity index (χ2v) is 4.63. The molecule has 0 aromatic heterocycles. The molecule has 0 aliphatic carbocycles. The van der Waals surface area contributed by atoms with Crippen molar-refractivity contribution < 1.29 is 4.74 Å². The Morgan fingerprint density at radius 3 is 2.71 bits per heavy atom. The van der Waals surface area contributed by atoms with Crippen molar-refractivity contribution in [3.63, 3.8) is 0 Å². The van der Waals surface area contributed by atoms with Gasteiger partial charge in [-0.1, -0.05) is 0 Å². The number of ether oxygens (including phenoxy) is 1. The summed E-state index contributed by atoms with van der Waals surface area (Å²) in [7, 11) is 2.19. The lowest BCUT2D eigenvalue weighted by Gasteiger charge is -2.29. The number of nitrogens with one attached hydrogen (secondary N) is 1. The standard InChI is InChI=1S/C11H22N2O/c1-13-7-4-11(5-8-13)14-9-10-3-2-6-12-10/h10-12H,2-9H2,1H3. The summed E-state index contributed by atoms with van der Waals surface area (Å²) in [6.07, 6.45) is 5.56. The van der Waals surface area contributed by atoms with Gasteiger partial charge in [0.15, 0.2) is 0 Å². The van der Waals surface area contributed by atoms with E-state index in [1.54, 1.807) is 0 Å². The van der Waals surface area contributed by atoms with Gasteiger partial charge in [-0.3, -0.25) is 0 Å². The minimum absolute atomic E-state index is 0.522. The predicted octanol–water partition coefficient (Wildman–Crippen LogP) is 0.849. The Labute approximate surface area is 86.8 Å². The van der Waals surface area contributed by atoms with E-state index in [0.717, 1.165) is 6.61 Å². The van der Waals surface area contributed by atoms with Gasteiger partial charge in [0, 0.05) is 19.1 Å². The van der Waals surface area contributed by atoms with E-state index < -0.39 is 0 Å². The molecule has 0 aromatic rings. The molecule has 14 heavy (non-hydrogen) atoms. The molecule has 2 fully saturated rings. The minimum Gasteiger partial charge on any atom is -0.377 e. The highest BCUT2D eigenvalue weighted by Gasteiger charge is 2.20. The molecule has 0 bridgehead atoms. The molecular weight excluding hydrogens is 176 g/mol. The molecule has 0 aromatic carbocycles. The van der Waals surface area contributed by atoms with Gasteiger partial charge in [0.25, 0.3) is 0 Å². The zero-order chi connectivity index (χ0) is 9.80. The van der Waals surface area contributed by atoms with Crippen LogP contribution in [-0.4, -0.2) is 50.3 Å². The highest BCUT2D eigenvalue weighted by molar-refractivity contribution is 4.75. The molecule has 2 saturated heterocycles. The zero-order valence-corrected chi connectivity index (χ0v) is 9.17. The first-order valence-electron chi connectivity index (χ1n) is 5.88. The fraction of sp³-hybridized carbons (Fsp3) is 1.00. The number of hydrogen-bond donors (Lipinski definition) is 1. The maximum atomic E-state index is 5.93. The van der Waals surface area contributed by atoms with Gasteiger partial charge in [-0.15, -0.1) is 0 Å². The van der Waals surface area contributed by atoms with Crippen LogP contribution in [0.15, 0.2) is 0 Å². The van der Waals surface area contributed by atoms with Crippen molar-refractivity contribution in [3.05, 3.63) is 0 Å². The maximum absolute atomic E-state index is 5.93. The Kier molecular flexibility index (Phi) is 3.79. The summed E-state index contributed by atoms with van der Waals surface area (Å²) in [6, 6.07) is 0.634. The molecule has 1 atom stereocenters. The minimum atomic E-state index is 0.522. The maximum Gasteiger partial charge on any atom is 0.0623 e. The normalized spacial score (nSPS) is 31.1. The number of likely N-dealkylation sites (tertiary alicyclic amines) is 1. The van der Waals surface area contributed by atoms with E-state index in [0.29, 0.717) is 12.1 Å². The van der Waals surface area contributed by atoms with Gasteiger partial charge in [0.2, 0.25) is 0 Å². The highest BCUT2D eigenvalue weighted by Crippen LogP contribution is 2.14. The van der Waals surface area contributed by atoms with Crippen molar-refractivity contribution >= 4 is 0 Å². The van der Waals surface area contributed by atoms with Crippen LogP contribution in [0.1, 0.15) is 25.7 Å². The molecule has 3 heteroatoms. The van der Waals surface area contributed by atoms with Gasteiger partial charge in [0.1, 0.15) is 0 Å². The van der Waals surface area contributed by atoms with Crippen molar-refractivity contribution in [2.45, 2.75) is 37.8 Å². The molecule has 0 saturated carbocycles. The largest absolute Gasteiger partial charge is 0.377 e. The molecule has 0 spiro atoms. The van der Waals surface area contributed by atoms with Crippen LogP contribution in [0.2, 0.25) is 0 Å². The Morgan fingerprint density at radius 1 is 1.29 bits per heavy atom. The predicted molar refractivity (Wildman–Crippen MR) is 57.5 cm³/mol. The summed E-state index contributed by atoms with van der Waals surface area (Å²) >= 11 is 0. The zero-order valence-electron chi connectivity index (χ0n) is 9.17. The van der Waals surface area contributed by atoms with Crippen molar-refractivity contribution in [1.82, 2.24) is 10.2 Å². The lowest BCUT2D eigenvalue weighted by molar-refractivity contribution is 0.00402. The fourth-order valence-corrected chi connectivity index (χ4v) is 2.30. The van der Waals surface area contributed by atoms with Crippen LogP contribution in [-0.2, 0) is 4.74 Å². The van der Waals surface area contributed by atoms with Crippen LogP contribution in [0.5, 0.6) is 0 Å². The monoisotopic (exact) mass is 198 g/mol. The molecule has 1 N–H and O–H groups in total. The van der Waals surface area contributed by atoms with E-state index in [-0.39, 0.29) is 0 Å². The third kappa shape index (κ3) is 2.94. The van der Waals surface area contributed by atoms with Gasteiger partial charge in [-0.25, -0.2) is 0 Å². The molecule has 1 unspecified atom stereocenters. The SMILES string of the molecule is CN1CCC(OCC2CCCN2)CC1. The molecule has 82 valence electrons. The third-order valence-electron chi connectivity index (χ3n) is 3.36. The molecule has 2 aliphatic heterocycles. The average Bonchev–Trinajstić information content (AvgIpc) is 2.70. The van der Waals surface area contributed by atoms with Crippen LogP contribution in [0, 0.1) is 0 Å². The lowest BCUT2D eigenvalue weighted by Crippen LogP contribution is -2.36. The molecule has 3 nitrogen and oxygen atoms in total. The van der Waals surface area contributed by atoms with Crippen LogP contribution in [0.4, 0.5) is 0 Å². The molecule has 0 radical (unpaired) electrons. The Morgan fingerprint density at radius 2 is 2.07 bits per heavy atom. The summed E-state index contributed by atoms with van der Waals surface area (Å²) in [5.74, 6) is 0. The first kappa shape index (κ1) is 10.4.